The highest BCUT2D eigenvalue weighted by atomic mass is 16.2. The Kier molecular flexibility index (Phi) is 4.37. The third-order valence-electron chi connectivity index (χ3n) is 3.92. The van der Waals surface area contributed by atoms with Crippen molar-refractivity contribution in [2.24, 2.45) is 0 Å². The van der Waals surface area contributed by atoms with Crippen LogP contribution in [0.1, 0.15) is 26.2 Å². The molecule has 0 radical (unpaired) electrons. The van der Waals surface area contributed by atoms with Crippen LogP contribution in [0.2, 0.25) is 0 Å². The minimum atomic E-state index is 0.224. The molecule has 3 rings (SSSR count). The molecule has 0 spiro atoms. The number of rotatable bonds is 6. The SMILES string of the molecule is C[C@H](CCn1cncn1)Nc1ccc(N2CCCC2=O)cc1. The summed E-state index contributed by atoms with van der Waals surface area (Å²) in [4.78, 5) is 17.5. The number of aryl methyl sites for hydroxylation is 1. The van der Waals surface area contributed by atoms with Gasteiger partial charge in [0.25, 0.3) is 0 Å². The number of aromatic nitrogens is 3. The lowest BCUT2D eigenvalue weighted by molar-refractivity contribution is -0.117. The number of benzene rings is 1. The maximum absolute atomic E-state index is 11.7. The Balaban J connectivity index is 1.53. The quantitative estimate of drug-likeness (QED) is 0.889. The van der Waals surface area contributed by atoms with Crippen LogP contribution in [0.15, 0.2) is 36.9 Å². The van der Waals surface area contributed by atoms with Crippen LogP contribution >= 0.6 is 0 Å². The van der Waals surface area contributed by atoms with Gasteiger partial charge in [0.15, 0.2) is 0 Å². The molecule has 2 aromatic rings. The second-order valence-electron chi connectivity index (χ2n) is 5.69. The van der Waals surface area contributed by atoms with Crippen LogP contribution in [0.5, 0.6) is 0 Å². The topological polar surface area (TPSA) is 63.1 Å². The molecule has 1 N–H and O–H groups in total. The fraction of sp³-hybridized carbons (Fsp3) is 0.438. The average molecular weight is 299 g/mol. The van der Waals surface area contributed by atoms with Crippen LogP contribution in [0.3, 0.4) is 0 Å². The monoisotopic (exact) mass is 299 g/mol. The number of hydrogen-bond acceptors (Lipinski definition) is 4. The summed E-state index contributed by atoms with van der Waals surface area (Å²) in [6, 6.07) is 8.43. The molecule has 1 fully saturated rings. The van der Waals surface area contributed by atoms with Crippen molar-refractivity contribution in [1.82, 2.24) is 14.8 Å². The molecular formula is C16H21N5O. The van der Waals surface area contributed by atoms with E-state index in [-0.39, 0.29) is 5.91 Å². The molecule has 0 bridgehead atoms. The minimum Gasteiger partial charge on any atom is -0.383 e. The molecule has 0 unspecified atom stereocenters. The van der Waals surface area contributed by atoms with E-state index in [1.165, 1.54) is 0 Å². The Labute approximate surface area is 130 Å². The van der Waals surface area contributed by atoms with Gasteiger partial charge in [-0.15, -0.1) is 0 Å². The van der Waals surface area contributed by atoms with E-state index >= 15 is 0 Å². The van der Waals surface area contributed by atoms with Gasteiger partial charge in [0, 0.05) is 36.9 Å². The Morgan fingerprint density at radius 3 is 2.77 bits per heavy atom. The number of nitrogens with zero attached hydrogens (tertiary/aromatic N) is 4. The van der Waals surface area contributed by atoms with Crippen LogP contribution in [0.4, 0.5) is 11.4 Å². The Bertz CT molecular complexity index is 608. The van der Waals surface area contributed by atoms with E-state index in [0.29, 0.717) is 12.5 Å². The molecule has 1 aromatic heterocycles. The van der Waals surface area contributed by atoms with Crippen molar-refractivity contribution < 1.29 is 4.79 Å². The molecule has 6 heteroatoms. The number of anilines is 2. The molecule has 1 aliphatic heterocycles. The van der Waals surface area contributed by atoms with Crippen LogP contribution in [-0.2, 0) is 11.3 Å². The van der Waals surface area contributed by atoms with Crippen LogP contribution in [-0.4, -0.2) is 33.3 Å². The van der Waals surface area contributed by atoms with E-state index in [1.54, 1.807) is 12.7 Å². The van der Waals surface area contributed by atoms with Crippen molar-refractivity contribution in [2.75, 3.05) is 16.8 Å². The van der Waals surface area contributed by atoms with Crippen LogP contribution in [0.25, 0.3) is 0 Å². The zero-order valence-corrected chi connectivity index (χ0v) is 12.8. The van der Waals surface area contributed by atoms with Gasteiger partial charge in [0.2, 0.25) is 5.91 Å². The summed E-state index contributed by atoms with van der Waals surface area (Å²) in [5.41, 5.74) is 2.06. The van der Waals surface area contributed by atoms with Gasteiger partial charge in [-0.3, -0.25) is 9.48 Å². The third kappa shape index (κ3) is 3.44. The van der Waals surface area contributed by atoms with Crippen molar-refractivity contribution in [2.45, 2.75) is 38.8 Å². The van der Waals surface area contributed by atoms with E-state index in [0.717, 1.165) is 37.3 Å². The van der Waals surface area contributed by atoms with Crippen molar-refractivity contribution in [1.29, 1.82) is 0 Å². The number of hydrogen-bond donors (Lipinski definition) is 1. The first-order chi connectivity index (χ1) is 10.7. The number of carbonyl (C=O) groups is 1. The molecule has 1 atom stereocenters. The first-order valence-electron chi connectivity index (χ1n) is 7.72. The predicted molar refractivity (Wildman–Crippen MR) is 85.8 cm³/mol. The van der Waals surface area contributed by atoms with Crippen molar-refractivity contribution >= 4 is 17.3 Å². The van der Waals surface area contributed by atoms with Crippen LogP contribution < -0.4 is 10.2 Å². The predicted octanol–water partition coefficient (Wildman–Crippen LogP) is 2.30. The molecule has 22 heavy (non-hydrogen) atoms. The largest absolute Gasteiger partial charge is 0.383 e. The Hall–Kier alpha value is -2.37. The van der Waals surface area contributed by atoms with Gasteiger partial charge in [0.05, 0.1) is 0 Å². The minimum absolute atomic E-state index is 0.224. The van der Waals surface area contributed by atoms with Gasteiger partial charge in [0.1, 0.15) is 12.7 Å². The van der Waals surface area contributed by atoms with E-state index in [4.69, 9.17) is 0 Å². The van der Waals surface area contributed by atoms with Gasteiger partial charge in [-0.2, -0.15) is 5.10 Å². The summed E-state index contributed by atoms with van der Waals surface area (Å²) in [7, 11) is 0. The maximum Gasteiger partial charge on any atom is 0.227 e. The first-order valence-corrected chi connectivity index (χ1v) is 7.72. The van der Waals surface area contributed by atoms with Gasteiger partial charge in [-0.05, 0) is 44.0 Å². The highest BCUT2D eigenvalue weighted by Crippen LogP contribution is 2.23. The second kappa shape index (κ2) is 6.60. The van der Waals surface area contributed by atoms with Crippen molar-refractivity contribution in [3.8, 4) is 0 Å². The van der Waals surface area contributed by atoms with Gasteiger partial charge < -0.3 is 10.2 Å². The van der Waals surface area contributed by atoms with E-state index in [1.807, 2.05) is 33.8 Å². The number of carbonyl (C=O) groups excluding carboxylic acids is 1. The molecule has 0 aliphatic carbocycles. The average Bonchev–Trinajstić information content (AvgIpc) is 3.17. The van der Waals surface area contributed by atoms with Gasteiger partial charge in [-0.1, -0.05) is 0 Å². The highest BCUT2D eigenvalue weighted by molar-refractivity contribution is 5.95. The van der Waals surface area contributed by atoms with E-state index < -0.39 is 0 Å². The molecule has 0 saturated carbocycles. The third-order valence-corrected chi connectivity index (χ3v) is 3.92. The van der Waals surface area contributed by atoms with E-state index in [2.05, 4.69) is 22.3 Å². The van der Waals surface area contributed by atoms with E-state index in [9.17, 15) is 4.79 Å². The summed E-state index contributed by atoms with van der Waals surface area (Å²) in [6.45, 7) is 3.82. The van der Waals surface area contributed by atoms with Crippen molar-refractivity contribution in [3.63, 3.8) is 0 Å². The lowest BCUT2D eigenvalue weighted by Crippen LogP contribution is -2.23. The molecule has 6 nitrogen and oxygen atoms in total. The summed E-state index contributed by atoms with van der Waals surface area (Å²) >= 11 is 0. The van der Waals surface area contributed by atoms with Crippen molar-refractivity contribution in [3.05, 3.63) is 36.9 Å². The zero-order valence-electron chi connectivity index (χ0n) is 12.8. The lowest BCUT2D eigenvalue weighted by Gasteiger charge is -2.18. The second-order valence-corrected chi connectivity index (χ2v) is 5.69. The summed E-state index contributed by atoms with van der Waals surface area (Å²) in [6.07, 6.45) is 5.87. The number of amides is 1. The smallest absolute Gasteiger partial charge is 0.227 e. The summed E-state index contributed by atoms with van der Waals surface area (Å²) < 4.78 is 1.83. The molecular weight excluding hydrogens is 278 g/mol. The number of nitrogens with one attached hydrogen (secondary N) is 1. The standard InChI is InChI=1S/C16H21N5O/c1-13(8-10-20-12-17-11-18-20)19-14-4-6-15(7-5-14)21-9-2-3-16(21)22/h4-7,11-13,19H,2-3,8-10H2,1H3/t13-/m1/s1. The molecule has 116 valence electrons. The van der Waals surface area contributed by atoms with Gasteiger partial charge >= 0.3 is 0 Å². The van der Waals surface area contributed by atoms with Crippen LogP contribution in [0, 0.1) is 0 Å². The fourth-order valence-corrected chi connectivity index (χ4v) is 2.69. The molecule has 2 heterocycles. The Morgan fingerprint density at radius 2 is 2.14 bits per heavy atom. The Morgan fingerprint density at radius 1 is 1.32 bits per heavy atom. The normalized spacial score (nSPS) is 16.0. The summed E-state index contributed by atoms with van der Waals surface area (Å²) in [5.74, 6) is 0.224. The highest BCUT2D eigenvalue weighted by Gasteiger charge is 2.21. The lowest BCUT2D eigenvalue weighted by atomic mass is 10.2. The molecule has 1 saturated heterocycles. The van der Waals surface area contributed by atoms with Gasteiger partial charge in [-0.25, -0.2) is 4.98 Å². The molecule has 1 aliphatic rings. The zero-order chi connectivity index (χ0) is 15.4. The molecule has 1 aromatic carbocycles. The summed E-state index contributed by atoms with van der Waals surface area (Å²) in [5, 5.41) is 7.57. The molecule has 1 amide bonds. The first kappa shape index (κ1) is 14.6. The maximum atomic E-state index is 11.7. The fourth-order valence-electron chi connectivity index (χ4n) is 2.69.